The van der Waals surface area contributed by atoms with Crippen molar-refractivity contribution in [1.29, 1.82) is 0 Å². The molecule has 5 nitrogen and oxygen atoms in total. The van der Waals surface area contributed by atoms with Crippen LogP contribution in [0.5, 0.6) is 0 Å². The van der Waals surface area contributed by atoms with Gasteiger partial charge in [0.25, 0.3) is 0 Å². The highest BCUT2D eigenvalue weighted by molar-refractivity contribution is 5.94. The Balaban J connectivity index is 2.40. The van der Waals surface area contributed by atoms with Crippen molar-refractivity contribution in [3.05, 3.63) is 35.4 Å². The normalized spacial score (nSPS) is 10.1. The number of hydrogen-bond acceptors (Lipinski definition) is 3. The van der Waals surface area contributed by atoms with Gasteiger partial charge in [0.1, 0.15) is 0 Å². The third-order valence-corrected chi connectivity index (χ3v) is 2.50. The SMILES string of the molecule is CCNC(=O)CCNCc1ccccc1C(N)=O. The fourth-order valence-electron chi connectivity index (χ4n) is 1.63. The molecule has 0 saturated heterocycles. The lowest BCUT2D eigenvalue weighted by atomic mass is 10.1. The smallest absolute Gasteiger partial charge is 0.249 e. The van der Waals surface area contributed by atoms with Crippen LogP contribution >= 0.6 is 0 Å². The maximum atomic E-state index is 11.2. The number of benzene rings is 1. The first-order valence-corrected chi connectivity index (χ1v) is 6.00. The zero-order valence-electron chi connectivity index (χ0n) is 10.5. The van der Waals surface area contributed by atoms with Gasteiger partial charge in [0.2, 0.25) is 11.8 Å². The molecule has 1 aromatic rings. The predicted molar refractivity (Wildman–Crippen MR) is 70.0 cm³/mol. The summed E-state index contributed by atoms with van der Waals surface area (Å²) in [4.78, 5) is 22.4. The second-order valence-electron chi connectivity index (χ2n) is 3.90. The van der Waals surface area contributed by atoms with E-state index in [1.807, 2.05) is 19.1 Å². The van der Waals surface area contributed by atoms with Crippen molar-refractivity contribution in [3.63, 3.8) is 0 Å². The van der Waals surface area contributed by atoms with Crippen molar-refractivity contribution in [2.45, 2.75) is 19.9 Å². The topological polar surface area (TPSA) is 84.2 Å². The van der Waals surface area contributed by atoms with E-state index in [-0.39, 0.29) is 5.91 Å². The third-order valence-electron chi connectivity index (χ3n) is 2.50. The van der Waals surface area contributed by atoms with Crippen LogP contribution in [0, 0.1) is 0 Å². The van der Waals surface area contributed by atoms with E-state index < -0.39 is 5.91 Å². The van der Waals surface area contributed by atoms with Crippen LogP contribution in [0.1, 0.15) is 29.3 Å². The molecule has 0 aromatic heterocycles. The van der Waals surface area contributed by atoms with E-state index >= 15 is 0 Å². The average Bonchev–Trinajstić information content (AvgIpc) is 2.35. The highest BCUT2D eigenvalue weighted by Crippen LogP contribution is 2.07. The van der Waals surface area contributed by atoms with Gasteiger partial charge in [0.05, 0.1) is 0 Å². The molecule has 1 rings (SSSR count). The van der Waals surface area contributed by atoms with Crippen LogP contribution in [0.3, 0.4) is 0 Å². The van der Waals surface area contributed by atoms with Crippen LogP contribution in [-0.4, -0.2) is 24.9 Å². The van der Waals surface area contributed by atoms with Crippen molar-refractivity contribution in [2.75, 3.05) is 13.1 Å². The number of amides is 2. The summed E-state index contributed by atoms with van der Waals surface area (Å²) in [5.74, 6) is -0.413. The maximum absolute atomic E-state index is 11.2. The molecule has 5 heteroatoms. The molecule has 0 atom stereocenters. The molecular formula is C13H19N3O2. The van der Waals surface area contributed by atoms with Crippen LogP contribution < -0.4 is 16.4 Å². The minimum atomic E-state index is -0.434. The first-order chi connectivity index (χ1) is 8.65. The minimum Gasteiger partial charge on any atom is -0.366 e. The molecule has 18 heavy (non-hydrogen) atoms. The molecule has 0 heterocycles. The molecule has 0 bridgehead atoms. The second-order valence-corrected chi connectivity index (χ2v) is 3.90. The van der Waals surface area contributed by atoms with Crippen molar-refractivity contribution in [3.8, 4) is 0 Å². The Morgan fingerprint density at radius 1 is 1.28 bits per heavy atom. The maximum Gasteiger partial charge on any atom is 0.249 e. The largest absolute Gasteiger partial charge is 0.366 e. The summed E-state index contributed by atoms with van der Waals surface area (Å²) in [6.45, 7) is 3.62. The number of rotatable bonds is 7. The zero-order valence-corrected chi connectivity index (χ0v) is 10.5. The van der Waals surface area contributed by atoms with Gasteiger partial charge in [-0.15, -0.1) is 0 Å². The lowest BCUT2D eigenvalue weighted by Gasteiger charge is -2.08. The number of carbonyl (C=O) groups excluding carboxylic acids is 2. The van der Waals surface area contributed by atoms with Gasteiger partial charge in [-0.05, 0) is 18.6 Å². The van der Waals surface area contributed by atoms with Gasteiger partial charge in [0, 0.05) is 31.6 Å². The average molecular weight is 249 g/mol. The van der Waals surface area contributed by atoms with E-state index in [1.54, 1.807) is 12.1 Å². The Morgan fingerprint density at radius 3 is 2.67 bits per heavy atom. The Bertz CT molecular complexity index is 418. The molecule has 4 N–H and O–H groups in total. The van der Waals surface area contributed by atoms with E-state index in [9.17, 15) is 9.59 Å². The van der Waals surface area contributed by atoms with Crippen LogP contribution in [0.2, 0.25) is 0 Å². The van der Waals surface area contributed by atoms with Gasteiger partial charge in [-0.3, -0.25) is 9.59 Å². The van der Waals surface area contributed by atoms with Crippen molar-refractivity contribution in [1.82, 2.24) is 10.6 Å². The quantitative estimate of drug-likeness (QED) is 0.612. The molecule has 98 valence electrons. The number of nitrogens with two attached hydrogens (primary N) is 1. The van der Waals surface area contributed by atoms with Gasteiger partial charge in [0.15, 0.2) is 0 Å². The molecule has 0 saturated carbocycles. The summed E-state index contributed by atoms with van der Waals surface area (Å²) in [6, 6.07) is 7.17. The molecule has 2 amide bonds. The number of hydrogen-bond donors (Lipinski definition) is 3. The van der Waals surface area contributed by atoms with E-state index in [2.05, 4.69) is 10.6 Å². The third kappa shape index (κ3) is 4.55. The van der Waals surface area contributed by atoms with Crippen molar-refractivity contribution >= 4 is 11.8 Å². The monoisotopic (exact) mass is 249 g/mol. The first kappa shape index (κ1) is 14.2. The van der Waals surface area contributed by atoms with Crippen molar-refractivity contribution in [2.24, 2.45) is 5.73 Å². The molecule has 0 spiro atoms. The minimum absolute atomic E-state index is 0.0215. The Kier molecular flexibility index (Phi) is 5.87. The van der Waals surface area contributed by atoms with Gasteiger partial charge in [-0.1, -0.05) is 18.2 Å². The van der Waals surface area contributed by atoms with Gasteiger partial charge < -0.3 is 16.4 Å². The van der Waals surface area contributed by atoms with E-state index in [4.69, 9.17) is 5.73 Å². The summed E-state index contributed by atoms with van der Waals surface area (Å²) < 4.78 is 0. The molecule has 0 unspecified atom stereocenters. The Morgan fingerprint density at radius 2 is 2.00 bits per heavy atom. The van der Waals surface area contributed by atoms with Crippen LogP contribution in [0.4, 0.5) is 0 Å². The summed E-state index contributed by atoms with van der Waals surface area (Å²) in [5.41, 5.74) is 6.64. The first-order valence-electron chi connectivity index (χ1n) is 6.00. The lowest BCUT2D eigenvalue weighted by molar-refractivity contribution is -0.120. The summed E-state index contributed by atoms with van der Waals surface area (Å²) in [6.07, 6.45) is 0.423. The van der Waals surface area contributed by atoms with E-state index in [0.29, 0.717) is 31.6 Å². The summed E-state index contributed by atoms with van der Waals surface area (Å²) in [7, 11) is 0. The van der Waals surface area contributed by atoms with Crippen LogP contribution in [0.15, 0.2) is 24.3 Å². The molecule has 0 aliphatic heterocycles. The van der Waals surface area contributed by atoms with Gasteiger partial charge in [-0.2, -0.15) is 0 Å². The zero-order chi connectivity index (χ0) is 13.4. The predicted octanol–water partition coefficient (Wildman–Crippen LogP) is 0.401. The Labute approximate surface area is 107 Å². The molecule has 0 fully saturated rings. The Hall–Kier alpha value is -1.88. The summed E-state index contributed by atoms with van der Waals surface area (Å²) in [5, 5.41) is 5.84. The molecule has 0 radical (unpaired) electrons. The van der Waals surface area contributed by atoms with Crippen LogP contribution in [0.25, 0.3) is 0 Å². The second kappa shape index (κ2) is 7.45. The fraction of sp³-hybridized carbons (Fsp3) is 0.385. The standard InChI is InChI=1S/C13H19N3O2/c1-2-16-12(17)7-8-15-9-10-5-3-4-6-11(10)13(14)18/h3-6,15H,2,7-9H2,1H3,(H2,14,18)(H,16,17). The highest BCUT2D eigenvalue weighted by atomic mass is 16.1. The van der Waals surface area contributed by atoms with Crippen LogP contribution in [-0.2, 0) is 11.3 Å². The summed E-state index contributed by atoms with van der Waals surface area (Å²) >= 11 is 0. The van der Waals surface area contributed by atoms with Gasteiger partial charge in [-0.25, -0.2) is 0 Å². The lowest BCUT2D eigenvalue weighted by Crippen LogP contribution is -2.27. The molecule has 0 aliphatic carbocycles. The fourth-order valence-corrected chi connectivity index (χ4v) is 1.63. The number of nitrogens with one attached hydrogen (secondary N) is 2. The highest BCUT2D eigenvalue weighted by Gasteiger charge is 2.06. The molecule has 1 aromatic carbocycles. The number of carbonyl (C=O) groups is 2. The van der Waals surface area contributed by atoms with E-state index in [0.717, 1.165) is 5.56 Å². The van der Waals surface area contributed by atoms with Crippen molar-refractivity contribution < 1.29 is 9.59 Å². The molecular weight excluding hydrogens is 230 g/mol. The van der Waals surface area contributed by atoms with E-state index in [1.165, 1.54) is 0 Å². The number of primary amides is 1. The molecule has 0 aliphatic rings. The van der Waals surface area contributed by atoms with Gasteiger partial charge >= 0.3 is 0 Å².